The summed E-state index contributed by atoms with van der Waals surface area (Å²) in [6.45, 7) is 1.61. The molecule has 2 amide bonds. The lowest BCUT2D eigenvalue weighted by Crippen LogP contribution is -2.38. The summed E-state index contributed by atoms with van der Waals surface area (Å²) in [5.74, 6) is -0.369. The van der Waals surface area contributed by atoms with E-state index < -0.39 is 0 Å². The highest BCUT2D eigenvalue weighted by Crippen LogP contribution is 2.06. The van der Waals surface area contributed by atoms with Gasteiger partial charge in [-0.25, -0.2) is 0 Å². The second-order valence-electron chi connectivity index (χ2n) is 4.76. The average Bonchev–Trinajstić information content (AvgIpc) is 2.51. The summed E-state index contributed by atoms with van der Waals surface area (Å²) < 4.78 is 4.89. The van der Waals surface area contributed by atoms with Crippen molar-refractivity contribution in [2.45, 2.75) is 13.0 Å². The maximum Gasteiger partial charge on any atom is 0.254 e. The molecule has 0 heterocycles. The van der Waals surface area contributed by atoms with Gasteiger partial charge in [0.1, 0.15) is 0 Å². The molecule has 0 aliphatic heterocycles. The van der Waals surface area contributed by atoms with Gasteiger partial charge in [-0.1, -0.05) is 12.1 Å². The molecule has 1 rings (SSSR count). The number of hydrogen-bond donors (Lipinski definition) is 2. The maximum absolute atomic E-state index is 12.2. The summed E-state index contributed by atoms with van der Waals surface area (Å²) in [5.41, 5.74) is 7.02. The number of benzene rings is 1. The molecule has 3 N–H and O–H groups in total. The molecule has 0 saturated carbocycles. The number of carbonyl (C=O) groups is 2. The minimum Gasteiger partial charge on any atom is -0.385 e. The van der Waals surface area contributed by atoms with Crippen LogP contribution in [0.5, 0.6) is 0 Å². The molecule has 21 heavy (non-hydrogen) atoms. The zero-order valence-electron chi connectivity index (χ0n) is 12.6. The predicted molar refractivity (Wildman–Crippen MR) is 80.8 cm³/mol. The average molecular weight is 293 g/mol. The molecule has 0 saturated heterocycles. The molecule has 0 aliphatic carbocycles. The van der Waals surface area contributed by atoms with Crippen LogP contribution < -0.4 is 11.1 Å². The third kappa shape index (κ3) is 5.93. The first kappa shape index (κ1) is 17.1. The van der Waals surface area contributed by atoms with Crippen molar-refractivity contribution in [1.29, 1.82) is 0 Å². The molecule has 0 radical (unpaired) electrons. The summed E-state index contributed by atoms with van der Waals surface area (Å²) in [4.78, 5) is 25.2. The van der Waals surface area contributed by atoms with Gasteiger partial charge in [-0.2, -0.15) is 0 Å². The molecule has 0 bridgehead atoms. The summed E-state index contributed by atoms with van der Waals surface area (Å²) in [6, 6.07) is 7.06. The summed E-state index contributed by atoms with van der Waals surface area (Å²) in [7, 11) is 3.22. The maximum atomic E-state index is 12.2. The van der Waals surface area contributed by atoms with E-state index >= 15 is 0 Å². The van der Waals surface area contributed by atoms with Crippen LogP contribution in [0, 0.1) is 0 Å². The monoisotopic (exact) mass is 293 g/mol. The molecular formula is C15H23N3O3. The van der Waals surface area contributed by atoms with E-state index in [1.807, 2.05) is 12.1 Å². The van der Waals surface area contributed by atoms with Crippen molar-refractivity contribution < 1.29 is 14.3 Å². The highest BCUT2D eigenvalue weighted by atomic mass is 16.5. The van der Waals surface area contributed by atoms with Crippen LogP contribution in [0.2, 0.25) is 0 Å². The van der Waals surface area contributed by atoms with Crippen molar-refractivity contribution >= 4 is 11.8 Å². The normalized spacial score (nSPS) is 10.2. The number of carbonyl (C=O) groups excluding carboxylic acids is 2. The topological polar surface area (TPSA) is 84.7 Å². The number of likely N-dealkylation sites (N-methyl/N-ethyl adjacent to an activating group) is 1. The van der Waals surface area contributed by atoms with Gasteiger partial charge in [-0.05, 0) is 24.1 Å². The highest BCUT2D eigenvalue weighted by Gasteiger charge is 2.14. The second-order valence-corrected chi connectivity index (χ2v) is 4.76. The Kier molecular flexibility index (Phi) is 7.42. The Labute approximate surface area is 125 Å². The number of ether oxygens (including phenoxy) is 1. The first-order chi connectivity index (χ1) is 10.1. The van der Waals surface area contributed by atoms with Crippen molar-refractivity contribution in [2.75, 3.05) is 33.9 Å². The van der Waals surface area contributed by atoms with Crippen molar-refractivity contribution in [3.63, 3.8) is 0 Å². The zero-order valence-corrected chi connectivity index (χ0v) is 12.6. The number of methoxy groups -OCH3 is 1. The number of rotatable bonds is 8. The van der Waals surface area contributed by atoms with Gasteiger partial charge in [0.05, 0.1) is 6.54 Å². The fraction of sp³-hybridized carbons (Fsp3) is 0.467. The van der Waals surface area contributed by atoms with E-state index in [4.69, 9.17) is 10.5 Å². The van der Waals surface area contributed by atoms with Gasteiger partial charge in [0, 0.05) is 39.4 Å². The minimum atomic E-state index is -0.189. The van der Waals surface area contributed by atoms with E-state index in [1.54, 1.807) is 26.3 Å². The first-order valence-corrected chi connectivity index (χ1v) is 6.88. The lowest BCUT2D eigenvalue weighted by Gasteiger charge is -2.17. The van der Waals surface area contributed by atoms with Crippen LogP contribution in [0.15, 0.2) is 24.3 Å². The van der Waals surface area contributed by atoms with Crippen LogP contribution in [-0.4, -0.2) is 50.6 Å². The predicted octanol–water partition coefficient (Wildman–Crippen LogP) is 0.370. The van der Waals surface area contributed by atoms with Crippen molar-refractivity contribution in [2.24, 2.45) is 5.73 Å². The quantitative estimate of drug-likeness (QED) is 0.678. The van der Waals surface area contributed by atoms with Crippen molar-refractivity contribution in [1.82, 2.24) is 10.2 Å². The van der Waals surface area contributed by atoms with Gasteiger partial charge in [0.2, 0.25) is 5.91 Å². The van der Waals surface area contributed by atoms with Gasteiger partial charge in [0.25, 0.3) is 5.91 Å². The lowest BCUT2D eigenvalue weighted by atomic mass is 10.1. The molecule has 116 valence electrons. The lowest BCUT2D eigenvalue weighted by molar-refractivity contribution is -0.121. The molecule has 1 aromatic carbocycles. The SMILES string of the molecule is COCCCNC(=O)CN(C)C(=O)c1ccc(CN)cc1. The van der Waals surface area contributed by atoms with Gasteiger partial charge >= 0.3 is 0 Å². The van der Waals surface area contributed by atoms with E-state index in [0.29, 0.717) is 25.3 Å². The number of nitrogens with one attached hydrogen (secondary N) is 1. The fourth-order valence-electron chi connectivity index (χ4n) is 1.79. The second kappa shape index (κ2) is 9.10. The van der Waals surface area contributed by atoms with Gasteiger partial charge in [-0.3, -0.25) is 9.59 Å². The largest absolute Gasteiger partial charge is 0.385 e. The minimum absolute atomic E-state index is 0.0322. The number of nitrogens with two attached hydrogens (primary N) is 1. The first-order valence-electron chi connectivity index (χ1n) is 6.88. The van der Waals surface area contributed by atoms with Crippen molar-refractivity contribution in [3.05, 3.63) is 35.4 Å². The number of nitrogens with zero attached hydrogens (tertiary/aromatic N) is 1. The van der Waals surface area contributed by atoms with Crippen LogP contribution in [-0.2, 0) is 16.1 Å². The van der Waals surface area contributed by atoms with Gasteiger partial charge < -0.3 is 20.7 Å². The number of hydrogen-bond acceptors (Lipinski definition) is 4. The van der Waals surface area contributed by atoms with E-state index in [9.17, 15) is 9.59 Å². The Morgan fingerprint density at radius 3 is 2.52 bits per heavy atom. The van der Waals surface area contributed by atoms with E-state index in [1.165, 1.54) is 4.90 Å². The summed E-state index contributed by atoms with van der Waals surface area (Å²) in [6.07, 6.45) is 0.750. The molecule has 1 aromatic rings. The smallest absolute Gasteiger partial charge is 0.254 e. The standard InChI is InChI=1S/C15H23N3O3/c1-18(11-14(19)17-8-3-9-21-2)15(20)13-6-4-12(10-16)5-7-13/h4-7H,3,8-11,16H2,1-2H3,(H,17,19). The van der Waals surface area contributed by atoms with E-state index in [-0.39, 0.29) is 18.4 Å². The molecule has 6 heteroatoms. The molecule has 0 unspecified atom stereocenters. The Morgan fingerprint density at radius 2 is 1.95 bits per heavy atom. The van der Waals surface area contributed by atoms with Crippen LogP contribution in [0.1, 0.15) is 22.3 Å². The van der Waals surface area contributed by atoms with Gasteiger partial charge in [-0.15, -0.1) is 0 Å². The summed E-state index contributed by atoms with van der Waals surface area (Å²) >= 11 is 0. The third-order valence-electron chi connectivity index (χ3n) is 3.01. The Balaban J connectivity index is 2.44. The van der Waals surface area contributed by atoms with Crippen LogP contribution in [0.3, 0.4) is 0 Å². The third-order valence-corrected chi connectivity index (χ3v) is 3.01. The van der Waals surface area contributed by atoms with Crippen LogP contribution in [0.25, 0.3) is 0 Å². The van der Waals surface area contributed by atoms with Crippen LogP contribution >= 0.6 is 0 Å². The Bertz CT molecular complexity index is 460. The van der Waals surface area contributed by atoms with Crippen molar-refractivity contribution in [3.8, 4) is 0 Å². The zero-order chi connectivity index (χ0) is 15.7. The van der Waals surface area contributed by atoms with Crippen LogP contribution in [0.4, 0.5) is 0 Å². The molecule has 0 aromatic heterocycles. The molecule has 6 nitrogen and oxygen atoms in total. The molecule has 0 atom stereocenters. The molecule has 0 aliphatic rings. The molecular weight excluding hydrogens is 270 g/mol. The molecule has 0 spiro atoms. The highest BCUT2D eigenvalue weighted by molar-refractivity contribution is 5.96. The number of amides is 2. The molecule has 0 fully saturated rings. The Morgan fingerprint density at radius 1 is 1.29 bits per heavy atom. The van der Waals surface area contributed by atoms with Gasteiger partial charge in [0.15, 0.2) is 0 Å². The summed E-state index contributed by atoms with van der Waals surface area (Å²) in [5, 5.41) is 2.74. The Hall–Kier alpha value is -1.92. The van der Waals surface area contributed by atoms with E-state index in [2.05, 4.69) is 5.32 Å². The fourth-order valence-corrected chi connectivity index (χ4v) is 1.79. The van der Waals surface area contributed by atoms with E-state index in [0.717, 1.165) is 12.0 Å².